The Balaban J connectivity index is 1.49. The third-order valence-corrected chi connectivity index (χ3v) is 4.97. The van der Waals surface area contributed by atoms with E-state index in [1.54, 1.807) is 19.5 Å². The van der Waals surface area contributed by atoms with Crippen molar-refractivity contribution in [1.82, 2.24) is 14.9 Å². The van der Waals surface area contributed by atoms with E-state index in [-0.39, 0.29) is 5.91 Å². The standard InChI is InChI=1S/C19H24ClN5O2/c1-24(19-21-11-14(20)12-22-19)15-7-9-25(10-8-15)13-18(26)23-16-5-3-4-6-17(16)27-2/h3-6,11-12,15H,7-10,13H2,1-2H3,(H,23,26). The Kier molecular flexibility index (Phi) is 6.47. The number of para-hydroxylation sites is 2. The summed E-state index contributed by atoms with van der Waals surface area (Å²) in [5.41, 5.74) is 0.694. The van der Waals surface area contributed by atoms with Gasteiger partial charge in [0.15, 0.2) is 0 Å². The van der Waals surface area contributed by atoms with E-state index in [9.17, 15) is 4.79 Å². The zero-order valence-electron chi connectivity index (χ0n) is 15.6. The maximum Gasteiger partial charge on any atom is 0.238 e. The highest BCUT2D eigenvalue weighted by Gasteiger charge is 2.25. The Morgan fingerprint density at radius 1 is 1.30 bits per heavy atom. The summed E-state index contributed by atoms with van der Waals surface area (Å²) in [6.45, 7) is 2.07. The number of carbonyl (C=O) groups is 1. The number of likely N-dealkylation sites (tertiary alicyclic amines) is 1. The molecule has 1 fully saturated rings. The Morgan fingerprint density at radius 3 is 2.63 bits per heavy atom. The average Bonchev–Trinajstić information content (AvgIpc) is 2.69. The minimum Gasteiger partial charge on any atom is -0.495 e. The Labute approximate surface area is 164 Å². The summed E-state index contributed by atoms with van der Waals surface area (Å²) in [5.74, 6) is 1.30. The smallest absolute Gasteiger partial charge is 0.238 e. The van der Waals surface area contributed by atoms with Gasteiger partial charge in [0.2, 0.25) is 11.9 Å². The average molecular weight is 390 g/mol. The number of hydrogen-bond acceptors (Lipinski definition) is 6. The molecule has 1 aromatic carbocycles. The van der Waals surface area contributed by atoms with Gasteiger partial charge in [-0.15, -0.1) is 0 Å². The summed E-state index contributed by atoms with van der Waals surface area (Å²) >= 11 is 5.85. The molecule has 1 aromatic heterocycles. The molecule has 1 aliphatic heterocycles. The molecule has 3 rings (SSSR count). The fourth-order valence-electron chi connectivity index (χ4n) is 3.26. The van der Waals surface area contributed by atoms with Gasteiger partial charge in [0.25, 0.3) is 0 Å². The van der Waals surface area contributed by atoms with Crippen LogP contribution in [0.2, 0.25) is 5.02 Å². The van der Waals surface area contributed by atoms with Gasteiger partial charge in [-0.2, -0.15) is 0 Å². The van der Waals surface area contributed by atoms with Gasteiger partial charge in [-0.05, 0) is 25.0 Å². The van der Waals surface area contributed by atoms with E-state index in [2.05, 4.69) is 25.1 Å². The monoisotopic (exact) mass is 389 g/mol. The number of amides is 1. The molecule has 8 heteroatoms. The molecule has 1 saturated heterocycles. The fraction of sp³-hybridized carbons (Fsp3) is 0.421. The van der Waals surface area contributed by atoms with Gasteiger partial charge in [0.1, 0.15) is 5.75 Å². The maximum atomic E-state index is 12.4. The second-order valence-corrected chi connectivity index (χ2v) is 7.00. The van der Waals surface area contributed by atoms with Gasteiger partial charge in [-0.25, -0.2) is 9.97 Å². The van der Waals surface area contributed by atoms with Crippen molar-refractivity contribution in [2.24, 2.45) is 0 Å². The first-order valence-corrected chi connectivity index (χ1v) is 9.30. The lowest BCUT2D eigenvalue weighted by Gasteiger charge is -2.36. The van der Waals surface area contributed by atoms with Crippen molar-refractivity contribution in [3.8, 4) is 5.75 Å². The Bertz CT molecular complexity index is 763. The third-order valence-electron chi connectivity index (χ3n) is 4.78. The van der Waals surface area contributed by atoms with Gasteiger partial charge in [0, 0.05) is 26.2 Å². The predicted octanol–water partition coefficient (Wildman–Crippen LogP) is 2.68. The molecule has 0 atom stereocenters. The summed E-state index contributed by atoms with van der Waals surface area (Å²) in [4.78, 5) is 25.2. The molecule has 144 valence electrons. The summed E-state index contributed by atoms with van der Waals surface area (Å²) in [6, 6.07) is 7.76. The molecule has 0 bridgehead atoms. The lowest BCUT2D eigenvalue weighted by Crippen LogP contribution is -2.46. The molecule has 1 N–H and O–H groups in total. The molecular formula is C19H24ClN5O2. The van der Waals surface area contributed by atoms with Crippen LogP contribution in [0.3, 0.4) is 0 Å². The number of nitrogens with zero attached hydrogens (tertiary/aromatic N) is 4. The van der Waals surface area contributed by atoms with E-state index in [0.29, 0.717) is 35.0 Å². The molecule has 0 spiro atoms. The molecule has 2 heterocycles. The third kappa shape index (κ3) is 5.08. The number of halogens is 1. The van der Waals surface area contributed by atoms with Crippen LogP contribution in [0.4, 0.5) is 11.6 Å². The predicted molar refractivity (Wildman–Crippen MR) is 107 cm³/mol. The van der Waals surface area contributed by atoms with Crippen LogP contribution in [0.1, 0.15) is 12.8 Å². The van der Waals surface area contributed by atoms with Crippen LogP contribution in [0.25, 0.3) is 0 Å². The van der Waals surface area contributed by atoms with E-state index in [4.69, 9.17) is 16.3 Å². The number of anilines is 2. The van der Waals surface area contributed by atoms with Crippen LogP contribution >= 0.6 is 11.6 Å². The van der Waals surface area contributed by atoms with Crippen LogP contribution < -0.4 is 15.0 Å². The number of rotatable bonds is 6. The van der Waals surface area contributed by atoms with Crippen molar-refractivity contribution in [3.63, 3.8) is 0 Å². The first-order valence-electron chi connectivity index (χ1n) is 8.92. The highest BCUT2D eigenvalue weighted by Crippen LogP contribution is 2.23. The molecule has 0 radical (unpaired) electrons. The number of ether oxygens (including phenoxy) is 1. The maximum absolute atomic E-state index is 12.4. The van der Waals surface area contributed by atoms with Crippen LogP contribution in [0.15, 0.2) is 36.7 Å². The number of nitrogens with one attached hydrogen (secondary N) is 1. The number of benzene rings is 1. The lowest BCUT2D eigenvalue weighted by molar-refractivity contribution is -0.117. The molecule has 7 nitrogen and oxygen atoms in total. The SMILES string of the molecule is COc1ccccc1NC(=O)CN1CCC(N(C)c2ncc(Cl)cn2)CC1. The van der Waals surface area contributed by atoms with E-state index in [1.165, 1.54) is 0 Å². The molecule has 1 amide bonds. The second-order valence-electron chi connectivity index (χ2n) is 6.57. The Hall–Kier alpha value is -2.38. The Morgan fingerprint density at radius 2 is 1.96 bits per heavy atom. The minimum atomic E-state index is -0.0349. The molecule has 0 aliphatic carbocycles. The van der Waals surface area contributed by atoms with Crippen LogP contribution in [0, 0.1) is 0 Å². The first-order chi connectivity index (χ1) is 13.1. The topological polar surface area (TPSA) is 70.6 Å². The molecule has 1 aliphatic rings. The van der Waals surface area contributed by atoms with Crippen molar-refractivity contribution in [3.05, 3.63) is 41.7 Å². The zero-order valence-corrected chi connectivity index (χ0v) is 16.3. The quantitative estimate of drug-likeness (QED) is 0.819. The van der Waals surface area contributed by atoms with E-state index in [0.717, 1.165) is 25.9 Å². The molecule has 0 saturated carbocycles. The molecule has 2 aromatic rings. The van der Waals surface area contributed by atoms with Gasteiger partial charge < -0.3 is 15.0 Å². The molecule has 27 heavy (non-hydrogen) atoms. The van der Waals surface area contributed by atoms with E-state index in [1.807, 2.05) is 31.3 Å². The van der Waals surface area contributed by atoms with E-state index < -0.39 is 0 Å². The van der Waals surface area contributed by atoms with Gasteiger partial charge in [-0.3, -0.25) is 9.69 Å². The first kappa shape index (κ1) is 19.4. The largest absolute Gasteiger partial charge is 0.495 e. The fourth-order valence-corrected chi connectivity index (χ4v) is 3.35. The number of methoxy groups -OCH3 is 1. The number of carbonyl (C=O) groups excluding carboxylic acids is 1. The van der Waals surface area contributed by atoms with Crippen LogP contribution in [-0.2, 0) is 4.79 Å². The number of hydrogen-bond donors (Lipinski definition) is 1. The zero-order chi connectivity index (χ0) is 19.2. The van der Waals surface area contributed by atoms with E-state index >= 15 is 0 Å². The normalized spacial score (nSPS) is 15.4. The van der Waals surface area contributed by atoms with Crippen LogP contribution in [-0.4, -0.2) is 60.6 Å². The van der Waals surface area contributed by atoms with Crippen molar-refractivity contribution in [2.45, 2.75) is 18.9 Å². The second kappa shape index (κ2) is 9.01. The number of piperidine rings is 1. The van der Waals surface area contributed by atoms with Crippen molar-refractivity contribution < 1.29 is 9.53 Å². The van der Waals surface area contributed by atoms with Gasteiger partial charge in [0.05, 0.1) is 36.8 Å². The highest BCUT2D eigenvalue weighted by atomic mass is 35.5. The van der Waals surface area contributed by atoms with Crippen LogP contribution in [0.5, 0.6) is 5.75 Å². The molecular weight excluding hydrogens is 366 g/mol. The minimum absolute atomic E-state index is 0.0349. The lowest BCUT2D eigenvalue weighted by atomic mass is 10.0. The number of aromatic nitrogens is 2. The van der Waals surface area contributed by atoms with Crippen molar-refractivity contribution >= 4 is 29.1 Å². The summed E-state index contributed by atoms with van der Waals surface area (Å²) in [7, 11) is 3.59. The van der Waals surface area contributed by atoms with Crippen molar-refractivity contribution in [2.75, 3.05) is 44.0 Å². The highest BCUT2D eigenvalue weighted by molar-refractivity contribution is 6.30. The van der Waals surface area contributed by atoms with Gasteiger partial charge in [-0.1, -0.05) is 23.7 Å². The molecule has 0 unspecified atom stereocenters. The summed E-state index contributed by atoms with van der Waals surface area (Å²) in [5, 5.41) is 3.46. The summed E-state index contributed by atoms with van der Waals surface area (Å²) < 4.78 is 5.27. The van der Waals surface area contributed by atoms with Gasteiger partial charge >= 0.3 is 0 Å². The van der Waals surface area contributed by atoms with Crippen molar-refractivity contribution in [1.29, 1.82) is 0 Å². The summed E-state index contributed by atoms with van der Waals surface area (Å²) in [6.07, 6.45) is 5.12.